The number of aryl methyl sites for hydroxylation is 1. The van der Waals surface area contributed by atoms with Crippen LogP contribution in [0, 0.1) is 6.92 Å². The molecule has 0 spiro atoms. The highest BCUT2D eigenvalue weighted by Crippen LogP contribution is 2.30. The van der Waals surface area contributed by atoms with E-state index in [0.717, 1.165) is 16.8 Å². The van der Waals surface area contributed by atoms with Gasteiger partial charge in [-0.15, -0.1) is 5.10 Å². The van der Waals surface area contributed by atoms with E-state index in [0.29, 0.717) is 10.8 Å². The maximum absolute atomic E-state index is 11.0. The van der Waals surface area contributed by atoms with Crippen molar-refractivity contribution >= 4 is 17.6 Å². The lowest BCUT2D eigenvalue weighted by atomic mass is 10.0. The zero-order chi connectivity index (χ0) is 15.7. The molecule has 0 unspecified atom stereocenters. The third kappa shape index (κ3) is 2.56. The second-order valence-corrected chi connectivity index (χ2v) is 5.10. The second-order valence-electron chi connectivity index (χ2n) is 4.69. The first-order valence-electron chi connectivity index (χ1n) is 6.45. The fourth-order valence-corrected chi connectivity index (χ4v) is 2.45. The maximum atomic E-state index is 11.0. The van der Waals surface area contributed by atoms with Gasteiger partial charge in [0.25, 0.3) is 0 Å². The molecule has 1 aromatic heterocycles. The quantitative estimate of drug-likeness (QED) is 0.803. The van der Waals surface area contributed by atoms with Crippen LogP contribution in [0.4, 0.5) is 0 Å². The summed E-state index contributed by atoms with van der Waals surface area (Å²) in [6.45, 7) is 1.81. The minimum Gasteiger partial charge on any atom is -0.478 e. The van der Waals surface area contributed by atoms with E-state index in [-0.39, 0.29) is 5.56 Å². The Kier molecular flexibility index (Phi) is 3.60. The minimum atomic E-state index is -1.01. The first-order chi connectivity index (χ1) is 10.6. The third-order valence-corrected chi connectivity index (χ3v) is 3.56. The number of rotatable bonds is 3. The Morgan fingerprint density at radius 2 is 2.05 bits per heavy atom. The van der Waals surface area contributed by atoms with Crippen molar-refractivity contribution in [2.75, 3.05) is 0 Å². The van der Waals surface area contributed by atoms with Crippen molar-refractivity contribution < 1.29 is 9.90 Å². The lowest BCUT2D eigenvalue weighted by Crippen LogP contribution is -2.00. The van der Waals surface area contributed by atoms with Gasteiger partial charge in [0.15, 0.2) is 5.82 Å². The molecular weight excluding hydrogens is 304 g/mol. The lowest BCUT2D eigenvalue weighted by Gasteiger charge is -2.08. The molecule has 0 saturated carbocycles. The Hall–Kier alpha value is -2.73. The van der Waals surface area contributed by atoms with Crippen molar-refractivity contribution in [3.8, 4) is 16.8 Å². The zero-order valence-corrected chi connectivity index (χ0v) is 12.3. The largest absolute Gasteiger partial charge is 0.478 e. The summed E-state index contributed by atoms with van der Waals surface area (Å²) in [4.78, 5) is 11.0. The van der Waals surface area contributed by atoms with Gasteiger partial charge < -0.3 is 5.11 Å². The van der Waals surface area contributed by atoms with E-state index in [9.17, 15) is 4.79 Å². The van der Waals surface area contributed by atoms with E-state index >= 15 is 0 Å². The van der Waals surface area contributed by atoms with Crippen LogP contribution in [-0.4, -0.2) is 31.3 Å². The lowest BCUT2D eigenvalue weighted by molar-refractivity contribution is 0.0697. The number of carboxylic acids is 1. The fourth-order valence-electron chi connectivity index (χ4n) is 2.16. The number of halogens is 1. The van der Waals surface area contributed by atoms with Crippen molar-refractivity contribution in [3.05, 3.63) is 58.9 Å². The molecule has 3 aromatic rings. The Morgan fingerprint density at radius 3 is 2.68 bits per heavy atom. The molecule has 0 radical (unpaired) electrons. The molecule has 6 nitrogen and oxygen atoms in total. The van der Waals surface area contributed by atoms with Crippen LogP contribution >= 0.6 is 11.6 Å². The van der Waals surface area contributed by atoms with E-state index in [4.69, 9.17) is 16.7 Å². The summed E-state index contributed by atoms with van der Waals surface area (Å²) < 4.78 is 1.61. The molecule has 0 fully saturated rings. The topological polar surface area (TPSA) is 80.9 Å². The fraction of sp³-hybridized carbons (Fsp3) is 0.0667. The van der Waals surface area contributed by atoms with Gasteiger partial charge in [-0.3, -0.25) is 0 Å². The maximum Gasteiger partial charge on any atom is 0.335 e. The van der Waals surface area contributed by atoms with Gasteiger partial charge in [0, 0.05) is 10.6 Å². The Bertz CT molecular complexity index is 860. The van der Waals surface area contributed by atoms with Crippen molar-refractivity contribution in [1.82, 2.24) is 20.2 Å². The monoisotopic (exact) mass is 314 g/mol. The zero-order valence-electron chi connectivity index (χ0n) is 11.6. The first kappa shape index (κ1) is 14.2. The first-order valence-corrected chi connectivity index (χ1v) is 6.82. The van der Waals surface area contributed by atoms with E-state index in [2.05, 4.69) is 15.5 Å². The normalized spacial score (nSPS) is 10.6. The molecule has 3 rings (SSSR count). The average Bonchev–Trinajstić information content (AvgIpc) is 2.93. The van der Waals surface area contributed by atoms with Gasteiger partial charge in [-0.1, -0.05) is 29.8 Å². The summed E-state index contributed by atoms with van der Waals surface area (Å²) in [6.07, 6.45) is 0. The average molecular weight is 315 g/mol. The highest BCUT2D eigenvalue weighted by atomic mass is 35.5. The molecule has 0 atom stereocenters. The third-order valence-electron chi connectivity index (χ3n) is 3.24. The molecule has 2 aromatic carbocycles. The molecule has 1 N–H and O–H groups in total. The highest BCUT2D eigenvalue weighted by Gasteiger charge is 2.10. The summed E-state index contributed by atoms with van der Waals surface area (Å²) in [5, 5.41) is 20.8. The van der Waals surface area contributed by atoms with Gasteiger partial charge in [-0.25, -0.2) is 4.79 Å². The van der Waals surface area contributed by atoms with E-state index in [1.54, 1.807) is 17.7 Å². The number of tetrazole rings is 1. The predicted molar refractivity (Wildman–Crippen MR) is 81.3 cm³/mol. The van der Waals surface area contributed by atoms with Crippen LogP contribution in [0.25, 0.3) is 16.8 Å². The summed E-state index contributed by atoms with van der Waals surface area (Å²) in [7, 11) is 0. The van der Waals surface area contributed by atoms with Gasteiger partial charge in [0.1, 0.15) is 0 Å². The van der Waals surface area contributed by atoms with E-state index < -0.39 is 5.97 Å². The van der Waals surface area contributed by atoms with Crippen molar-refractivity contribution in [2.45, 2.75) is 6.92 Å². The number of benzene rings is 2. The number of hydrogen-bond donors (Lipinski definition) is 1. The van der Waals surface area contributed by atoms with Crippen LogP contribution in [0.15, 0.2) is 42.5 Å². The molecule has 0 saturated heterocycles. The number of carboxylic acid groups (broad SMARTS) is 1. The molecule has 0 aliphatic rings. The van der Waals surface area contributed by atoms with Crippen molar-refractivity contribution in [3.63, 3.8) is 0 Å². The Balaban J connectivity index is 2.06. The number of hydrogen-bond acceptors (Lipinski definition) is 4. The van der Waals surface area contributed by atoms with Gasteiger partial charge >= 0.3 is 5.97 Å². The van der Waals surface area contributed by atoms with Crippen LogP contribution in [0.2, 0.25) is 5.02 Å². The molecule has 7 heteroatoms. The Labute approximate surface area is 131 Å². The molecule has 0 bridgehead atoms. The number of carbonyl (C=O) groups is 1. The molecule has 0 amide bonds. The van der Waals surface area contributed by atoms with Gasteiger partial charge in [0.2, 0.25) is 0 Å². The Morgan fingerprint density at radius 1 is 1.23 bits per heavy atom. The van der Waals surface area contributed by atoms with Crippen LogP contribution < -0.4 is 0 Å². The molecular formula is C15H11ClN4O2. The SMILES string of the molecule is Cc1nnnn1-c1cccc(-c2ccc(C(=O)O)cc2Cl)c1. The molecule has 110 valence electrons. The number of aromatic nitrogens is 4. The molecule has 22 heavy (non-hydrogen) atoms. The predicted octanol–water partition coefficient (Wildman–Crippen LogP) is 2.99. The van der Waals surface area contributed by atoms with Crippen molar-refractivity contribution in [2.24, 2.45) is 0 Å². The number of aromatic carboxylic acids is 1. The summed E-state index contributed by atoms with van der Waals surface area (Å²) >= 11 is 6.21. The van der Waals surface area contributed by atoms with E-state index in [1.165, 1.54) is 12.1 Å². The van der Waals surface area contributed by atoms with Gasteiger partial charge in [-0.05, 0) is 47.2 Å². The molecule has 0 aliphatic carbocycles. The van der Waals surface area contributed by atoms with Crippen LogP contribution in [0.3, 0.4) is 0 Å². The van der Waals surface area contributed by atoms with Gasteiger partial charge in [0.05, 0.1) is 11.3 Å². The minimum absolute atomic E-state index is 0.154. The molecule has 1 heterocycles. The highest BCUT2D eigenvalue weighted by molar-refractivity contribution is 6.33. The van der Waals surface area contributed by atoms with Crippen LogP contribution in [0.1, 0.15) is 16.2 Å². The standard InChI is InChI=1S/C15H11ClN4O2/c1-9-17-18-19-20(9)12-4-2-3-10(7-12)13-6-5-11(15(21)22)8-14(13)16/h2-8H,1H3,(H,21,22). The smallest absolute Gasteiger partial charge is 0.335 e. The number of nitrogens with zero attached hydrogens (tertiary/aromatic N) is 4. The summed E-state index contributed by atoms with van der Waals surface area (Å²) in [6, 6.07) is 12.2. The summed E-state index contributed by atoms with van der Waals surface area (Å²) in [5.74, 6) is -0.337. The van der Waals surface area contributed by atoms with Crippen molar-refractivity contribution in [1.29, 1.82) is 0 Å². The second kappa shape index (κ2) is 5.57. The molecule has 0 aliphatic heterocycles. The van der Waals surface area contributed by atoms with Crippen LogP contribution in [0.5, 0.6) is 0 Å². The van der Waals surface area contributed by atoms with Crippen LogP contribution in [-0.2, 0) is 0 Å². The van der Waals surface area contributed by atoms with Gasteiger partial charge in [-0.2, -0.15) is 4.68 Å². The summed E-state index contributed by atoms with van der Waals surface area (Å²) in [5.41, 5.74) is 2.56. The van der Waals surface area contributed by atoms with E-state index in [1.807, 2.05) is 24.3 Å².